The Morgan fingerprint density at radius 2 is 1.77 bits per heavy atom. The van der Waals surface area contributed by atoms with Crippen molar-refractivity contribution in [3.63, 3.8) is 0 Å². The number of fused-ring (bicyclic) bond motifs is 1. The third-order valence-electron chi connectivity index (χ3n) is 5.45. The summed E-state index contributed by atoms with van der Waals surface area (Å²) in [5, 5.41) is 4.58. The van der Waals surface area contributed by atoms with E-state index in [1.807, 2.05) is 42.5 Å². The minimum atomic E-state index is -0.329. The molecule has 1 atom stereocenters. The molecule has 4 rings (SSSR count). The highest BCUT2D eigenvalue weighted by molar-refractivity contribution is 5.82. The van der Waals surface area contributed by atoms with Gasteiger partial charge in [-0.15, -0.1) is 0 Å². The van der Waals surface area contributed by atoms with Gasteiger partial charge in [0.1, 0.15) is 5.58 Å². The highest BCUT2D eigenvalue weighted by Gasteiger charge is 2.17. The van der Waals surface area contributed by atoms with E-state index in [2.05, 4.69) is 49.3 Å². The molecular formula is C26H26N2O2. The van der Waals surface area contributed by atoms with Gasteiger partial charge in [0.2, 0.25) is 0 Å². The van der Waals surface area contributed by atoms with E-state index in [1.54, 1.807) is 12.3 Å². The number of hydrogen-bond donors (Lipinski definition) is 1. The quantitative estimate of drug-likeness (QED) is 0.436. The van der Waals surface area contributed by atoms with Crippen molar-refractivity contribution in [2.75, 3.05) is 0 Å². The van der Waals surface area contributed by atoms with Gasteiger partial charge in [-0.05, 0) is 59.4 Å². The number of benzene rings is 2. The minimum absolute atomic E-state index is 0.0790. The van der Waals surface area contributed by atoms with Crippen LogP contribution in [-0.4, -0.2) is 4.98 Å². The highest BCUT2D eigenvalue weighted by atomic mass is 16.4. The molecule has 2 aromatic carbocycles. The van der Waals surface area contributed by atoms with Crippen molar-refractivity contribution in [2.45, 2.75) is 39.3 Å². The maximum Gasteiger partial charge on any atom is 0.336 e. The first kappa shape index (κ1) is 20.0. The lowest BCUT2D eigenvalue weighted by atomic mass is 9.94. The van der Waals surface area contributed by atoms with E-state index in [9.17, 15) is 4.79 Å². The predicted molar refractivity (Wildman–Crippen MR) is 121 cm³/mol. The number of aromatic nitrogens is 1. The van der Waals surface area contributed by atoms with E-state index < -0.39 is 0 Å². The fourth-order valence-corrected chi connectivity index (χ4v) is 3.96. The van der Waals surface area contributed by atoms with E-state index in [4.69, 9.17) is 4.42 Å². The van der Waals surface area contributed by atoms with Crippen molar-refractivity contribution >= 4 is 11.0 Å². The van der Waals surface area contributed by atoms with Gasteiger partial charge in [-0.2, -0.15) is 0 Å². The van der Waals surface area contributed by atoms with E-state index in [0.717, 1.165) is 27.8 Å². The van der Waals surface area contributed by atoms with Gasteiger partial charge in [-0.1, -0.05) is 50.2 Å². The summed E-state index contributed by atoms with van der Waals surface area (Å²) in [7, 11) is 0. The molecule has 1 unspecified atom stereocenters. The van der Waals surface area contributed by atoms with Gasteiger partial charge < -0.3 is 9.73 Å². The lowest BCUT2D eigenvalue weighted by Gasteiger charge is -2.20. The van der Waals surface area contributed by atoms with Gasteiger partial charge in [-0.25, -0.2) is 4.79 Å². The summed E-state index contributed by atoms with van der Waals surface area (Å²) in [5.74, 6) is 0.396. The number of rotatable bonds is 6. The average molecular weight is 399 g/mol. The topological polar surface area (TPSA) is 55.1 Å². The third kappa shape index (κ3) is 4.19. The molecule has 0 aliphatic carbocycles. The van der Waals surface area contributed by atoms with Gasteiger partial charge in [0.25, 0.3) is 0 Å². The molecule has 1 N–H and O–H groups in total. The van der Waals surface area contributed by atoms with Gasteiger partial charge >= 0.3 is 5.63 Å². The van der Waals surface area contributed by atoms with Gasteiger partial charge in [0, 0.05) is 24.2 Å². The summed E-state index contributed by atoms with van der Waals surface area (Å²) < 4.78 is 5.50. The standard InChI is InChI=1S/C26H26N2O2/c1-17(2)21-15-22-20(14-25(29)30-24(22)13-18(21)3)16-28-26(19-9-5-4-6-10-19)23-11-7-8-12-27-23/h4-15,17,26,28H,16H2,1-3H3. The number of nitrogens with zero attached hydrogens (tertiary/aromatic N) is 1. The summed E-state index contributed by atoms with van der Waals surface area (Å²) in [6.07, 6.45) is 1.80. The summed E-state index contributed by atoms with van der Waals surface area (Å²) >= 11 is 0. The van der Waals surface area contributed by atoms with E-state index >= 15 is 0 Å². The Hall–Kier alpha value is -3.24. The third-order valence-corrected chi connectivity index (χ3v) is 5.45. The Balaban J connectivity index is 1.73. The zero-order chi connectivity index (χ0) is 21.1. The molecule has 0 radical (unpaired) electrons. The van der Waals surface area contributed by atoms with Crippen molar-refractivity contribution in [1.82, 2.24) is 10.3 Å². The van der Waals surface area contributed by atoms with Crippen molar-refractivity contribution in [2.24, 2.45) is 0 Å². The van der Waals surface area contributed by atoms with Crippen LogP contribution in [0.3, 0.4) is 0 Å². The van der Waals surface area contributed by atoms with Crippen LogP contribution in [-0.2, 0) is 6.54 Å². The van der Waals surface area contributed by atoms with Gasteiger partial charge in [0.05, 0.1) is 11.7 Å². The zero-order valence-corrected chi connectivity index (χ0v) is 17.6. The van der Waals surface area contributed by atoms with Crippen LogP contribution in [0.1, 0.15) is 53.8 Å². The first-order valence-corrected chi connectivity index (χ1v) is 10.3. The largest absolute Gasteiger partial charge is 0.423 e. The van der Waals surface area contributed by atoms with Crippen molar-refractivity contribution in [3.8, 4) is 0 Å². The monoisotopic (exact) mass is 398 g/mol. The van der Waals surface area contributed by atoms with E-state index in [1.165, 1.54) is 5.56 Å². The zero-order valence-electron chi connectivity index (χ0n) is 17.6. The average Bonchev–Trinajstić information content (AvgIpc) is 2.74. The SMILES string of the molecule is Cc1cc2oc(=O)cc(CNC(c3ccccc3)c3ccccn3)c2cc1C(C)C. The molecule has 0 aliphatic heterocycles. The molecule has 4 aromatic rings. The van der Waals surface area contributed by atoms with Crippen molar-refractivity contribution < 1.29 is 4.42 Å². The molecule has 152 valence electrons. The normalized spacial score (nSPS) is 12.4. The molecule has 0 aliphatic rings. The van der Waals surface area contributed by atoms with Gasteiger partial charge in [0.15, 0.2) is 0 Å². The van der Waals surface area contributed by atoms with Crippen molar-refractivity contribution in [1.29, 1.82) is 0 Å². The summed E-state index contributed by atoms with van der Waals surface area (Å²) in [6, 6.07) is 21.8. The second kappa shape index (κ2) is 8.64. The van der Waals surface area contributed by atoms with Crippen LogP contribution in [0.25, 0.3) is 11.0 Å². The molecular weight excluding hydrogens is 372 g/mol. The van der Waals surface area contributed by atoms with Crippen LogP contribution in [0.5, 0.6) is 0 Å². The number of nitrogens with one attached hydrogen (secondary N) is 1. The summed E-state index contributed by atoms with van der Waals surface area (Å²) in [4.78, 5) is 16.8. The molecule has 0 spiro atoms. The molecule has 4 nitrogen and oxygen atoms in total. The first-order valence-electron chi connectivity index (χ1n) is 10.3. The Bertz CT molecular complexity index is 1160. The molecule has 0 saturated heterocycles. The number of hydrogen-bond acceptors (Lipinski definition) is 4. The molecule has 2 heterocycles. The van der Waals surface area contributed by atoms with Crippen LogP contribution in [0, 0.1) is 6.92 Å². The lowest BCUT2D eigenvalue weighted by molar-refractivity contribution is 0.550. The molecule has 0 saturated carbocycles. The maximum absolute atomic E-state index is 12.2. The Morgan fingerprint density at radius 3 is 2.47 bits per heavy atom. The maximum atomic E-state index is 12.2. The van der Waals surface area contributed by atoms with Crippen molar-refractivity contribution in [3.05, 3.63) is 111 Å². The lowest BCUT2D eigenvalue weighted by Crippen LogP contribution is -2.23. The van der Waals surface area contributed by atoms with E-state index in [0.29, 0.717) is 18.0 Å². The second-order valence-electron chi connectivity index (χ2n) is 7.93. The Labute approximate surface area is 176 Å². The smallest absolute Gasteiger partial charge is 0.336 e. The fourth-order valence-electron chi connectivity index (χ4n) is 3.96. The summed E-state index contributed by atoms with van der Waals surface area (Å²) in [6.45, 7) is 6.94. The van der Waals surface area contributed by atoms with Gasteiger partial charge in [-0.3, -0.25) is 4.98 Å². The van der Waals surface area contributed by atoms with Crippen LogP contribution in [0.2, 0.25) is 0 Å². The first-order chi connectivity index (χ1) is 14.5. The molecule has 0 fully saturated rings. The summed E-state index contributed by atoms with van der Waals surface area (Å²) in [5.41, 5.74) is 5.71. The number of pyridine rings is 1. The van der Waals surface area contributed by atoms with Crippen LogP contribution in [0.15, 0.2) is 82.1 Å². The Kier molecular flexibility index (Phi) is 5.77. The molecule has 4 heteroatoms. The fraction of sp³-hybridized carbons (Fsp3) is 0.231. The second-order valence-corrected chi connectivity index (χ2v) is 7.93. The Morgan fingerprint density at radius 1 is 1.00 bits per heavy atom. The molecule has 2 aromatic heterocycles. The van der Waals surface area contributed by atoms with E-state index in [-0.39, 0.29) is 11.7 Å². The van der Waals surface area contributed by atoms with Crippen LogP contribution in [0.4, 0.5) is 0 Å². The number of aryl methyl sites for hydroxylation is 1. The van der Waals surface area contributed by atoms with Crippen LogP contribution < -0.4 is 10.9 Å². The molecule has 30 heavy (non-hydrogen) atoms. The molecule has 0 bridgehead atoms. The van der Waals surface area contributed by atoms with Crippen LogP contribution >= 0.6 is 0 Å². The highest BCUT2D eigenvalue weighted by Crippen LogP contribution is 2.28. The molecule has 0 amide bonds. The minimum Gasteiger partial charge on any atom is -0.423 e. The predicted octanol–water partition coefficient (Wildman–Crippen LogP) is 5.50.